The van der Waals surface area contributed by atoms with Crippen molar-refractivity contribution in [2.24, 2.45) is 4.99 Å². The molecule has 0 saturated carbocycles. The van der Waals surface area contributed by atoms with E-state index in [1.165, 1.54) is 53.1 Å². The lowest BCUT2D eigenvalue weighted by atomic mass is 10.1. The van der Waals surface area contributed by atoms with Crippen molar-refractivity contribution in [3.05, 3.63) is 145 Å². The molecule has 3 atom stereocenters. The van der Waals surface area contributed by atoms with E-state index >= 15 is 0 Å². The average Bonchev–Trinajstić information content (AvgIpc) is 3.85. The summed E-state index contributed by atoms with van der Waals surface area (Å²) in [6.07, 6.45) is 4.24. The number of nitrogens with zero attached hydrogens (tertiary/aromatic N) is 2. The van der Waals surface area contributed by atoms with Crippen LogP contribution in [0.2, 0.25) is 0 Å². The van der Waals surface area contributed by atoms with Crippen molar-refractivity contribution < 1.29 is 0 Å². The zero-order chi connectivity index (χ0) is 28.8. The molecule has 4 heterocycles. The number of hydrogen-bond acceptors (Lipinski definition) is 5. The van der Waals surface area contributed by atoms with Gasteiger partial charge in [-0.05, 0) is 36.8 Å². The van der Waals surface area contributed by atoms with E-state index in [2.05, 4.69) is 137 Å². The number of hydrogen-bond donors (Lipinski definition) is 3. The van der Waals surface area contributed by atoms with Crippen molar-refractivity contribution in [1.29, 1.82) is 0 Å². The average molecular weight is 578 g/mol. The number of aromatic nitrogens is 1. The molecule has 1 fully saturated rings. The van der Waals surface area contributed by atoms with Crippen molar-refractivity contribution in [2.45, 2.75) is 25.4 Å². The van der Waals surface area contributed by atoms with E-state index < -0.39 is 0 Å². The largest absolute Gasteiger partial charge is 0.313 e. The van der Waals surface area contributed by atoms with Crippen LogP contribution in [0.3, 0.4) is 0 Å². The van der Waals surface area contributed by atoms with Crippen molar-refractivity contribution in [3.8, 4) is 0 Å². The fourth-order valence-electron chi connectivity index (χ4n) is 6.21. The first-order chi connectivity index (χ1) is 21.2. The second kappa shape index (κ2) is 10.9. The number of thiophene rings is 1. The normalized spacial score (nSPS) is 19.7. The first kappa shape index (κ1) is 26.1. The van der Waals surface area contributed by atoms with E-state index in [4.69, 9.17) is 4.99 Å². The molecule has 210 valence electrons. The molecule has 6 heteroatoms. The van der Waals surface area contributed by atoms with E-state index in [-0.39, 0.29) is 18.5 Å². The molecule has 1 saturated heterocycles. The molecule has 2 aliphatic rings. The Kier molecular flexibility index (Phi) is 6.62. The summed E-state index contributed by atoms with van der Waals surface area (Å²) in [6.45, 7) is 2.08. The highest BCUT2D eigenvalue weighted by molar-refractivity contribution is 7.26. The first-order valence-electron chi connectivity index (χ1n) is 14.7. The summed E-state index contributed by atoms with van der Waals surface area (Å²) >= 11 is 1.88. The molecule has 3 unspecified atom stereocenters. The smallest absolute Gasteiger partial charge is 0.145 e. The Labute approximate surface area is 254 Å². The molecule has 0 aliphatic carbocycles. The van der Waals surface area contributed by atoms with Crippen molar-refractivity contribution in [1.82, 2.24) is 20.7 Å². The van der Waals surface area contributed by atoms with Crippen LogP contribution in [-0.4, -0.2) is 16.4 Å². The Morgan fingerprint density at radius 2 is 1.33 bits per heavy atom. The highest BCUT2D eigenvalue weighted by Crippen LogP contribution is 2.43. The van der Waals surface area contributed by atoms with Gasteiger partial charge in [0.1, 0.15) is 12.3 Å². The van der Waals surface area contributed by atoms with Crippen molar-refractivity contribution in [3.63, 3.8) is 0 Å². The molecular weight excluding hydrogens is 547 g/mol. The summed E-state index contributed by atoms with van der Waals surface area (Å²) < 4.78 is 5.06. The number of hydrazine groups is 1. The molecule has 0 bridgehead atoms. The maximum absolute atomic E-state index is 5.21. The molecule has 7 aromatic rings. The summed E-state index contributed by atoms with van der Waals surface area (Å²) in [5, 5.41) is 8.81. The molecular formula is C37H31N5S. The maximum atomic E-state index is 5.21. The fourth-order valence-corrected chi connectivity index (χ4v) is 7.46. The van der Waals surface area contributed by atoms with Gasteiger partial charge in [0.25, 0.3) is 0 Å². The lowest BCUT2D eigenvalue weighted by Gasteiger charge is -2.14. The monoisotopic (exact) mass is 577 g/mol. The number of aryl methyl sites for hydroxylation is 1. The topological polar surface area (TPSA) is 53.4 Å². The number of benzene rings is 5. The predicted molar refractivity (Wildman–Crippen MR) is 182 cm³/mol. The number of rotatable bonds is 3. The highest BCUT2D eigenvalue weighted by atomic mass is 32.1. The molecule has 43 heavy (non-hydrogen) atoms. The van der Waals surface area contributed by atoms with Gasteiger partial charge < -0.3 is 4.57 Å². The van der Waals surface area contributed by atoms with Gasteiger partial charge in [-0.1, -0.05) is 115 Å². The van der Waals surface area contributed by atoms with E-state index in [1.54, 1.807) is 0 Å². The lowest BCUT2D eigenvalue weighted by Crippen LogP contribution is -2.39. The summed E-state index contributed by atoms with van der Waals surface area (Å²) in [4.78, 5) is 5.21. The Hall–Kier alpha value is -4.59. The van der Waals surface area contributed by atoms with Gasteiger partial charge in [-0.25, -0.2) is 10.9 Å². The SMILES string of the molecule is C1=CC(n2c3ccccc3c3ccc4c5ccccc5sc4c32)N=C1C1NNC(c2ccccc2)N1.Cc1ccccc1. The highest BCUT2D eigenvalue weighted by Gasteiger charge is 2.30. The van der Waals surface area contributed by atoms with Gasteiger partial charge in [-0.3, -0.25) is 10.3 Å². The molecule has 3 N–H and O–H groups in total. The van der Waals surface area contributed by atoms with E-state index in [1.807, 2.05) is 35.6 Å². The van der Waals surface area contributed by atoms with Gasteiger partial charge in [0, 0.05) is 26.2 Å². The molecule has 2 aromatic heterocycles. The minimum Gasteiger partial charge on any atom is -0.313 e. The third-order valence-corrected chi connectivity index (χ3v) is 9.47. The minimum atomic E-state index is -0.0995. The zero-order valence-electron chi connectivity index (χ0n) is 23.7. The molecule has 0 radical (unpaired) electrons. The van der Waals surface area contributed by atoms with E-state index in [0.29, 0.717) is 0 Å². The summed E-state index contributed by atoms with van der Waals surface area (Å²) in [5.74, 6) is 0. The van der Waals surface area contributed by atoms with E-state index in [9.17, 15) is 0 Å². The summed E-state index contributed by atoms with van der Waals surface area (Å²) in [5.41, 5.74) is 12.7. The Morgan fingerprint density at radius 3 is 2.12 bits per heavy atom. The van der Waals surface area contributed by atoms with Crippen LogP contribution in [0.1, 0.15) is 23.5 Å². The third kappa shape index (κ3) is 4.65. The minimum absolute atomic E-state index is 0.0396. The van der Waals surface area contributed by atoms with Gasteiger partial charge in [0.15, 0.2) is 0 Å². The molecule has 0 spiro atoms. The first-order valence-corrected chi connectivity index (χ1v) is 15.5. The second-order valence-electron chi connectivity index (χ2n) is 11.0. The van der Waals surface area contributed by atoms with Crippen LogP contribution in [0.25, 0.3) is 42.0 Å². The number of nitrogens with one attached hydrogen (secondary N) is 3. The van der Waals surface area contributed by atoms with Crippen molar-refractivity contribution in [2.75, 3.05) is 0 Å². The fraction of sp³-hybridized carbons (Fsp3) is 0.108. The van der Waals surface area contributed by atoms with Crippen LogP contribution in [0, 0.1) is 6.92 Å². The third-order valence-electron chi connectivity index (χ3n) is 8.27. The molecule has 5 nitrogen and oxygen atoms in total. The predicted octanol–water partition coefficient (Wildman–Crippen LogP) is 8.39. The quantitative estimate of drug-likeness (QED) is 0.198. The van der Waals surface area contributed by atoms with Gasteiger partial charge in [0.05, 0.1) is 27.6 Å². The Bertz CT molecular complexity index is 2140. The van der Waals surface area contributed by atoms with E-state index in [0.717, 1.165) is 5.71 Å². The Morgan fingerprint density at radius 1 is 0.651 bits per heavy atom. The molecule has 5 aromatic carbocycles. The molecule has 2 aliphatic heterocycles. The van der Waals surface area contributed by atoms with Crippen LogP contribution < -0.4 is 16.2 Å². The maximum Gasteiger partial charge on any atom is 0.145 e. The van der Waals surface area contributed by atoms with Gasteiger partial charge in [-0.2, -0.15) is 0 Å². The van der Waals surface area contributed by atoms with Crippen LogP contribution in [0.4, 0.5) is 0 Å². The number of para-hydroxylation sites is 1. The summed E-state index contributed by atoms with van der Waals surface area (Å²) in [7, 11) is 0. The summed E-state index contributed by atoms with van der Waals surface area (Å²) in [6, 6.07) is 42.6. The van der Waals surface area contributed by atoms with Crippen LogP contribution in [-0.2, 0) is 0 Å². The zero-order valence-corrected chi connectivity index (χ0v) is 24.6. The van der Waals surface area contributed by atoms with Crippen molar-refractivity contribution >= 4 is 59.0 Å². The lowest BCUT2D eigenvalue weighted by molar-refractivity contribution is 0.555. The molecule has 9 rings (SSSR count). The van der Waals surface area contributed by atoms with Crippen LogP contribution in [0.15, 0.2) is 138 Å². The van der Waals surface area contributed by atoms with Gasteiger partial charge in [0.2, 0.25) is 0 Å². The number of fused-ring (bicyclic) bond motifs is 7. The second-order valence-corrected chi connectivity index (χ2v) is 12.1. The Balaban J connectivity index is 0.000000352. The molecule has 0 amide bonds. The van der Waals surface area contributed by atoms with Gasteiger partial charge >= 0.3 is 0 Å². The number of aliphatic imine (C=N–C) groups is 1. The van der Waals surface area contributed by atoms with Crippen LogP contribution >= 0.6 is 11.3 Å². The standard InChI is InChI=1S/C30H23N5S.C7H8/c1-2-8-18(9-3-1)29-32-30(34-33-29)23-16-17-26(31-23)35-24-12-6-4-10-19(24)21-14-15-22-20-11-5-7-13-25(20)36-28(22)27(21)35;1-7-5-3-2-4-6-7/h1-17,26,29-30,32-34H;2-6H,1H3. The van der Waals surface area contributed by atoms with Gasteiger partial charge in [-0.15, -0.1) is 11.3 Å². The van der Waals surface area contributed by atoms with Crippen LogP contribution in [0.5, 0.6) is 0 Å².